The zero-order valence-corrected chi connectivity index (χ0v) is 21.9. The molecule has 0 unspecified atom stereocenters. The molecule has 0 nitrogen and oxygen atoms in total. The van der Waals surface area contributed by atoms with Gasteiger partial charge >= 0.3 is 0 Å². The van der Waals surface area contributed by atoms with E-state index in [-0.39, 0.29) is 5.41 Å². The first-order valence-corrected chi connectivity index (χ1v) is 12.7. The van der Waals surface area contributed by atoms with Gasteiger partial charge in [-0.25, -0.2) is 0 Å². The summed E-state index contributed by atoms with van der Waals surface area (Å²) in [6.45, 7) is 0. The molecule has 29 heavy (non-hydrogen) atoms. The lowest BCUT2D eigenvalue weighted by molar-refractivity contribution is 0.791. The molecule has 0 aliphatic heterocycles. The molecule has 140 valence electrons. The minimum atomic E-state index is -0.312. The van der Waals surface area contributed by atoms with E-state index >= 15 is 0 Å². The summed E-state index contributed by atoms with van der Waals surface area (Å²) >= 11 is 13.7. The number of rotatable bonds is 0. The van der Waals surface area contributed by atoms with Crippen LogP contribution in [-0.4, -0.2) is 0 Å². The Balaban J connectivity index is 1.88. The van der Waals surface area contributed by atoms with Crippen molar-refractivity contribution < 1.29 is 0 Å². The van der Waals surface area contributed by atoms with Gasteiger partial charge in [-0.2, -0.15) is 0 Å². The normalized spacial score (nSPS) is 14.5. The summed E-state index contributed by atoms with van der Waals surface area (Å²) in [5, 5.41) is 0. The summed E-state index contributed by atoms with van der Waals surface area (Å²) in [5.74, 6) is 0. The van der Waals surface area contributed by atoms with Crippen molar-refractivity contribution in [2.45, 2.75) is 5.41 Å². The molecule has 0 amide bonds. The smallest absolute Gasteiger partial charge is 0.0530 e. The van der Waals surface area contributed by atoms with E-state index in [2.05, 4.69) is 143 Å². The summed E-state index contributed by atoms with van der Waals surface area (Å²) in [5.41, 5.74) is 10.4. The van der Waals surface area contributed by atoms with Crippen LogP contribution in [0.3, 0.4) is 0 Å². The average molecular weight is 679 g/mol. The van der Waals surface area contributed by atoms with E-state index in [1.807, 2.05) is 0 Å². The zero-order chi connectivity index (χ0) is 19.9. The highest BCUT2D eigenvalue weighted by Gasteiger charge is 2.52. The standard InChI is InChI=1S/C25H12Br3I/c26-13-1-5-17-18-6-2-14(27)10-22(18)25(21(17)9-13)23-11-15(28)3-7-19(23)20-8-4-16(29)12-24(20)25/h1-12H. The maximum absolute atomic E-state index is 3.74. The van der Waals surface area contributed by atoms with E-state index in [1.165, 1.54) is 48.1 Å². The van der Waals surface area contributed by atoms with Gasteiger partial charge in [-0.3, -0.25) is 0 Å². The predicted molar refractivity (Wildman–Crippen MR) is 139 cm³/mol. The van der Waals surface area contributed by atoms with Gasteiger partial charge in [0.2, 0.25) is 0 Å². The highest BCUT2D eigenvalue weighted by molar-refractivity contribution is 14.1. The van der Waals surface area contributed by atoms with Crippen LogP contribution < -0.4 is 0 Å². The van der Waals surface area contributed by atoms with Gasteiger partial charge in [0.25, 0.3) is 0 Å². The van der Waals surface area contributed by atoms with Crippen LogP contribution in [-0.2, 0) is 5.41 Å². The van der Waals surface area contributed by atoms with Gasteiger partial charge in [0.15, 0.2) is 0 Å². The van der Waals surface area contributed by atoms with Crippen LogP contribution in [0, 0.1) is 3.57 Å². The maximum atomic E-state index is 3.74. The number of halogens is 4. The molecule has 0 heterocycles. The molecule has 0 N–H and O–H groups in total. The molecule has 0 atom stereocenters. The molecule has 0 saturated heterocycles. The Labute approximate surface area is 208 Å². The van der Waals surface area contributed by atoms with Gasteiger partial charge in [0.05, 0.1) is 5.41 Å². The molecular formula is C25H12Br3I. The van der Waals surface area contributed by atoms with Crippen molar-refractivity contribution in [3.05, 3.63) is 112 Å². The Morgan fingerprint density at radius 2 is 0.828 bits per heavy atom. The summed E-state index contributed by atoms with van der Waals surface area (Å²) in [6, 6.07) is 27.0. The second kappa shape index (κ2) is 6.52. The SMILES string of the molecule is Brc1ccc2c(c1)C1(c3cc(Br)ccc3-2)c2cc(Br)ccc2-c2ccc(I)cc21. The van der Waals surface area contributed by atoms with Crippen molar-refractivity contribution in [2.75, 3.05) is 0 Å². The monoisotopic (exact) mass is 676 g/mol. The van der Waals surface area contributed by atoms with Crippen molar-refractivity contribution in [3.8, 4) is 22.3 Å². The van der Waals surface area contributed by atoms with Gasteiger partial charge < -0.3 is 0 Å². The van der Waals surface area contributed by atoms with Crippen LogP contribution in [0.4, 0.5) is 0 Å². The Kier molecular flexibility index (Phi) is 4.23. The first-order chi connectivity index (χ1) is 14.0. The number of fused-ring (bicyclic) bond motifs is 10. The van der Waals surface area contributed by atoms with Crippen molar-refractivity contribution in [3.63, 3.8) is 0 Å². The Morgan fingerprint density at radius 3 is 1.24 bits per heavy atom. The van der Waals surface area contributed by atoms with Gasteiger partial charge in [0.1, 0.15) is 0 Å². The van der Waals surface area contributed by atoms with E-state index in [0.717, 1.165) is 13.4 Å². The third kappa shape index (κ3) is 2.46. The number of benzene rings is 4. The Morgan fingerprint density at radius 1 is 0.483 bits per heavy atom. The first-order valence-electron chi connectivity index (χ1n) is 9.21. The zero-order valence-electron chi connectivity index (χ0n) is 14.9. The lowest BCUT2D eigenvalue weighted by Gasteiger charge is -2.31. The fourth-order valence-electron chi connectivity index (χ4n) is 5.12. The van der Waals surface area contributed by atoms with Crippen LogP contribution in [0.15, 0.2) is 86.2 Å². The van der Waals surface area contributed by atoms with Crippen LogP contribution >= 0.6 is 70.4 Å². The highest BCUT2D eigenvalue weighted by atomic mass is 127. The van der Waals surface area contributed by atoms with Crippen LogP contribution in [0.1, 0.15) is 22.3 Å². The number of hydrogen-bond donors (Lipinski definition) is 0. The van der Waals surface area contributed by atoms with E-state index < -0.39 is 0 Å². The van der Waals surface area contributed by atoms with Crippen LogP contribution in [0.5, 0.6) is 0 Å². The average Bonchev–Trinajstić information content (AvgIpc) is 3.13. The van der Waals surface area contributed by atoms with Crippen molar-refractivity contribution in [1.82, 2.24) is 0 Å². The van der Waals surface area contributed by atoms with Gasteiger partial charge in [-0.1, -0.05) is 72.1 Å². The predicted octanol–water partition coefficient (Wildman–Crippen LogP) is 8.92. The molecule has 0 aromatic heterocycles. The summed E-state index contributed by atoms with van der Waals surface area (Å²) in [6.07, 6.45) is 0. The third-order valence-corrected chi connectivity index (χ3v) is 8.27. The molecule has 4 heteroatoms. The molecule has 2 aliphatic carbocycles. The molecule has 4 aromatic rings. The van der Waals surface area contributed by atoms with E-state index in [0.29, 0.717) is 0 Å². The third-order valence-electron chi connectivity index (χ3n) is 6.12. The number of hydrogen-bond acceptors (Lipinski definition) is 0. The highest BCUT2D eigenvalue weighted by Crippen LogP contribution is 2.63. The molecule has 2 aliphatic rings. The topological polar surface area (TPSA) is 0 Å². The Hall–Kier alpha value is -0.950. The van der Waals surface area contributed by atoms with Gasteiger partial charge in [-0.05, 0) is 116 Å². The summed E-state index contributed by atoms with van der Waals surface area (Å²) in [4.78, 5) is 0. The van der Waals surface area contributed by atoms with Gasteiger partial charge in [0, 0.05) is 17.0 Å². The maximum Gasteiger partial charge on any atom is 0.0727 e. The van der Waals surface area contributed by atoms with E-state index in [9.17, 15) is 0 Å². The van der Waals surface area contributed by atoms with E-state index in [1.54, 1.807) is 0 Å². The van der Waals surface area contributed by atoms with Gasteiger partial charge in [-0.15, -0.1) is 0 Å². The molecule has 1 spiro atoms. The fraction of sp³-hybridized carbons (Fsp3) is 0.0400. The van der Waals surface area contributed by atoms with Crippen LogP contribution in [0.2, 0.25) is 0 Å². The lowest BCUT2D eigenvalue weighted by atomic mass is 9.70. The van der Waals surface area contributed by atoms with E-state index in [4.69, 9.17) is 0 Å². The molecule has 0 fully saturated rings. The molecule has 4 aromatic carbocycles. The first kappa shape index (κ1) is 18.8. The van der Waals surface area contributed by atoms with Crippen molar-refractivity contribution >= 4 is 70.4 Å². The van der Waals surface area contributed by atoms with Crippen LogP contribution in [0.25, 0.3) is 22.3 Å². The minimum absolute atomic E-state index is 0.312. The van der Waals surface area contributed by atoms with Crippen molar-refractivity contribution in [2.24, 2.45) is 0 Å². The lowest BCUT2D eigenvalue weighted by Crippen LogP contribution is -2.26. The van der Waals surface area contributed by atoms with Crippen molar-refractivity contribution in [1.29, 1.82) is 0 Å². The molecule has 0 bridgehead atoms. The molecule has 0 saturated carbocycles. The quantitative estimate of drug-likeness (QED) is 0.141. The largest absolute Gasteiger partial charge is 0.0727 e. The Bertz CT molecular complexity index is 1150. The molecular weight excluding hydrogens is 667 g/mol. The second-order valence-electron chi connectivity index (χ2n) is 7.51. The molecule has 6 rings (SSSR count). The summed E-state index contributed by atoms with van der Waals surface area (Å²) in [7, 11) is 0. The summed E-state index contributed by atoms with van der Waals surface area (Å²) < 4.78 is 4.59. The second-order valence-corrected chi connectivity index (χ2v) is 11.5. The molecule has 0 radical (unpaired) electrons. The minimum Gasteiger partial charge on any atom is -0.0530 e. The fourth-order valence-corrected chi connectivity index (χ4v) is 6.69.